The predicted molar refractivity (Wildman–Crippen MR) is 99.9 cm³/mol. The summed E-state index contributed by atoms with van der Waals surface area (Å²) in [7, 11) is 2.08. The van der Waals surface area contributed by atoms with E-state index in [1.165, 1.54) is 40.4 Å². The van der Waals surface area contributed by atoms with Crippen LogP contribution in [0.1, 0.15) is 11.6 Å². The minimum Gasteiger partial charge on any atom is -0.304 e. The van der Waals surface area contributed by atoms with Crippen LogP contribution in [0.15, 0.2) is 42.0 Å². The van der Waals surface area contributed by atoms with E-state index in [1.54, 1.807) is 6.21 Å². The lowest BCUT2D eigenvalue weighted by molar-refractivity contribution is 0.126. The fraction of sp³-hybridized carbons (Fsp3) is 0.421. The van der Waals surface area contributed by atoms with Gasteiger partial charge in [-0.1, -0.05) is 0 Å². The summed E-state index contributed by atoms with van der Waals surface area (Å²) in [6, 6.07) is 2.38. The quantitative estimate of drug-likeness (QED) is 0.808. The zero-order valence-electron chi connectivity index (χ0n) is 15.6. The molecule has 28 heavy (non-hydrogen) atoms. The van der Waals surface area contributed by atoms with Gasteiger partial charge in [-0.25, -0.2) is 23.6 Å². The van der Waals surface area contributed by atoms with Gasteiger partial charge in [0.15, 0.2) is 0 Å². The van der Waals surface area contributed by atoms with Crippen molar-refractivity contribution in [3.05, 3.63) is 54.1 Å². The molecule has 2 aliphatic heterocycles. The van der Waals surface area contributed by atoms with Crippen molar-refractivity contribution in [3.8, 4) is 0 Å². The average molecular weight is 388 g/mol. The highest BCUT2D eigenvalue weighted by atomic mass is 19.1. The average Bonchev–Trinajstić information content (AvgIpc) is 3.32. The molecule has 0 bridgehead atoms. The summed E-state index contributed by atoms with van der Waals surface area (Å²) in [6.45, 7) is 4.39. The number of hydrazone groups is 1. The van der Waals surface area contributed by atoms with Crippen molar-refractivity contribution in [2.75, 3.05) is 39.8 Å². The van der Waals surface area contributed by atoms with Crippen molar-refractivity contribution in [2.24, 2.45) is 11.0 Å². The highest BCUT2D eigenvalue weighted by molar-refractivity contribution is 5.81. The fourth-order valence-corrected chi connectivity index (χ4v) is 3.76. The van der Waals surface area contributed by atoms with E-state index in [0.717, 1.165) is 32.2 Å². The van der Waals surface area contributed by atoms with E-state index in [9.17, 15) is 13.6 Å². The normalized spacial score (nSPS) is 23.5. The Kier molecular flexibility index (Phi) is 5.19. The molecule has 9 heteroatoms. The molecular weight excluding hydrogens is 366 g/mol. The molecule has 1 aromatic carbocycles. The lowest BCUT2D eigenvalue weighted by atomic mass is 9.93. The first kappa shape index (κ1) is 18.7. The lowest BCUT2D eigenvalue weighted by Crippen LogP contribution is -2.47. The number of benzene rings is 1. The number of amides is 1. The molecule has 1 fully saturated rings. The van der Waals surface area contributed by atoms with E-state index in [2.05, 4.69) is 26.9 Å². The fourth-order valence-electron chi connectivity index (χ4n) is 3.76. The summed E-state index contributed by atoms with van der Waals surface area (Å²) in [6.07, 6.45) is 6.11. The molecule has 1 aromatic heterocycles. The topological polar surface area (TPSA) is 57.0 Å². The number of aromatic nitrogens is 2. The number of halogens is 2. The Bertz CT molecular complexity index is 843. The summed E-state index contributed by atoms with van der Waals surface area (Å²) >= 11 is 0. The molecule has 1 saturated heterocycles. The molecule has 0 aliphatic carbocycles. The number of hydrogen-bond acceptors (Lipinski definition) is 5. The Hall–Kier alpha value is -2.65. The zero-order chi connectivity index (χ0) is 19.7. The number of imidazole rings is 1. The number of piperazine rings is 1. The predicted octanol–water partition coefficient (Wildman–Crippen LogP) is 2.04. The summed E-state index contributed by atoms with van der Waals surface area (Å²) in [4.78, 5) is 21.3. The van der Waals surface area contributed by atoms with Crippen LogP contribution in [0, 0.1) is 17.6 Å². The second-order valence-electron chi connectivity index (χ2n) is 7.28. The lowest BCUT2D eigenvalue weighted by Gasteiger charge is -2.35. The van der Waals surface area contributed by atoms with Crippen molar-refractivity contribution >= 4 is 12.2 Å². The minimum absolute atomic E-state index is 0.169. The molecule has 1 unspecified atom stereocenters. The third kappa shape index (κ3) is 3.81. The standard InChI is InChI=1S/C19H22F2N6O/c1-24-4-6-25(7-5-24)12-15-11-23-27(19(28)26-3-2-22-13-26)18(15)14-8-16(20)10-17(21)9-14/h2-3,8-11,13,15,18H,4-7,12H2,1H3/t15?,18-/m1/s1. The molecule has 0 spiro atoms. The van der Waals surface area contributed by atoms with Crippen LogP contribution in [0.5, 0.6) is 0 Å². The van der Waals surface area contributed by atoms with E-state index >= 15 is 0 Å². The van der Waals surface area contributed by atoms with Crippen molar-refractivity contribution in [1.82, 2.24) is 24.4 Å². The van der Waals surface area contributed by atoms with Crippen LogP contribution in [0.2, 0.25) is 0 Å². The van der Waals surface area contributed by atoms with E-state index in [4.69, 9.17) is 0 Å². The van der Waals surface area contributed by atoms with Gasteiger partial charge in [0, 0.05) is 63.3 Å². The molecular formula is C19H22F2N6O. The van der Waals surface area contributed by atoms with Crippen LogP contribution in [-0.2, 0) is 0 Å². The summed E-state index contributed by atoms with van der Waals surface area (Å²) in [5.74, 6) is -1.51. The van der Waals surface area contributed by atoms with Gasteiger partial charge in [0.05, 0.1) is 6.04 Å². The van der Waals surface area contributed by atoms with Crippen molar-refractivity contribution in [2.45, 2.75) is 6.04 Å². The van der Waals surface area contributed by atoms with Crippen molar-refractivity contribution in [3.63, 3.8) is 0 Å². The summed E-state index contributed by atoms with van der Waals surface area (Å²) in [5.41, 5.74) is 0.391. The molecule has 3 heterocycles. The number of hydrogen-bond donors (Lipinski definition) is 0. The van der Waals surface area contributed by atoms with Crippen molar-refractivity contribution in [1.29, 1.82) is 0 Å². The van der Waals surface area contributed by atoms with Crippen LogP contribution in [0.25, 0.3) is 0 Å². The molecule has 0 radical (unpaired) electrons. The third-order valence-electron chi connectivity index (χ3n) is 5.26. The number of carbonyl (C=O) groups excluding carboxylic acids is 1. The Morgan fingerprint density at radius 2 is 1.86 bits per heavy atom. The van der Waals surface area contributed by atoms with Crippen LogP contribution in [0.3, 0.4) is 0 Å². The SMILES string of the molecule is CN1CCN(CC2C=NN(C(=O)n3ccnc3)[C@@H]2c2cc(F)cc(F)c2)CC1. The highest BCUT2D eigenvalue weighted by Crippen LogP contribution is 2.35. The number of nitrogens with zero attached hydrogens (tertiary/aromatic N) is 6. The molecule has 2 atom stereocenters. The maximum absolute atomic E-state index is 13.9. The summed E-state index contributed by atoms with van der Waals surface area (Å²) < 4.78 is 29.1. The van der Waals surface area contributed by atoms with E-state index in [1.807, 2.05) is 0 Å². The first-order chi connectivity index (χ1) is 13.5. The number of likely N-dealkylation sites (N-methyl/N-ethyl adjacent to an activating group) is 1. The Labute approximate surface area is 161 Å². The van der Waals surface area contributed by atoms with Gasteiger partial charge in [-0.2, -0.15) is 5.10 Å². The number of rotatable bonds is 3. The first-order valence-corrected chi connectivity index (χ1v) is 9.24. The van der Waals surface area contributed by atoms with Gasteiger partial charge in [0.25, 0.3) is 0 Å². The summed E-state index contributed by atoms with van der Waals surface area (Å²) in [5, 5.41) is 5.59. The molecule has 148 valence electrons. The minimum atomic E-state index is -0.671. The molecule has 2 aromatic rings. The zero-order valence-corrected chi connectivity index (χ0v) is 15.6. The first-order valence-electron chi connectivity index (χ1n) is 9.24. The van der Waals surface area contributed by atoms with Gasteiger partial charge in [0.2, 0.25) is 0 Å². The Morgan fingerprint density at radius 3 is 2.50 bits per heavy atom. The van der Waals surface area contributed by atoms with E-state index in [-0.39, 0.29) is 5.92 Å². The molecule has 4 rings (SSSR count). The maximum atomic E-state index is 13.9. The molecule has 1 amide bonds. The largest absolute Gasteiger partial charge is 0.350 e. The van der Waals surface area contributed by atoms with Crippen LogP contribution in [-0.4, -0.2) is 76.4 Å². The van der Waals surface area contributed by atoms with Crippen LogP contribution >= 0.6 is 0 Å². The van der Waals surface area contributed by atoms with Gasteiger partial charge in [-0.3, -0.25) is 4.57 Å². The molecule has 0 saturated carbocycles. The van der Waals surface area contributed by atoms with Gasteiger partial charge < -0.3 is 9.80 Å². The van der Waals surface area contributed by atoms with E-state index in [0.29, 0.717) is 12.1 Å². The second kappa shape index (κ2) is 7.76. The highest BCUT2D eigenvalue weighted by Gasteiger charge is 2.38. The number of carbonyl (C=O) groups is 1. The van der Waals surface area contributed by atoms with Gasteiger partial charge in [-0.15, -0.1) is 0 Å². The molecule has 7 nitrogen and oxygen atoms in total. The van der Waals surface area contributed by atoms with Crippen LogP contribution < -0.4 is 0 Å². The second-order valence-corrected chi connectivity index (χ2v) is 7.28. The monoisotopic (exact) mass is 388 g/mol. The Balaban J connectivity index is 1.62. The Morgan fingerprint density at radius 1 is 1.14 bits per heavy atom. The van der Waals surface area contributed by atoms with Gasteiger partial charge in [0.1, 0.15) is 18.0 Å². The molecule has 0 N–H and O–H groups in total. The maximum Gasteiger partial charge on any atom is 0.350 e. The third-order valence-corrected chi connectivity index (χ3v) is 5.26. The van der Waals surface area contributed by atoms with Gasteiger partial charge in [-0.05, 0) is 24.7 Å². The smallest absolute Gasteiger partial charge is 0.304 e. The molecule has 2 aliphatic rings. The van der Waals surface area contributed by atoms with Gasteiger partial charge >= 0.3 is 6.03 Å². The van der Waals surface area contributed by atoms with Crippen molar-refractivity contribution < 1.29 is 13.6 Å². The van der Waals surface area contributed by atoms with Crippen LogP contribution in [0.4, 0.5) is 13.6 Å². The van der Waals surface area contributed by atoms with E-state index < -0.39 is 23.7 Å².